The molecule has 0 bridgehead atoms. The summed E-state index contributed by atoms with van der Waals surface area (Å²) in [7, 11) is 0. The lowest BCUT2D eigenvalue weighted by Crippen LogP contribution is -3.00. The van der Waals surface area contributed by atoms with Crippen LogP contribution in [0.1, 0.15) is 69.7 Å². The van der Waals surface area contributed by atoms with Crippen molar-refractivity contribution in [3.63, 3.8) is 0 Å². The predicted octanol–water partition coefficient (Wildman–Crippen LogP) is -2.17. The van der Waals surface area contributed by atoms with Crippen LogP contribution in [-0.2, 0) is 0 Å². The monoisotopic (exact) mass is 447 g/mol. The fourth-order valence-corrected chi connectivity index (χ4v) is 4.82. The van der Waals surface area contributed by atoms with E-state index in [1.54, 1.807) is 15.3 Å². The zero-order valence-corrected chi connectivity index (χ0v) is 17.9. The number of hydrogen-bond donors (Lipinski definition) is 1. The lowest BCUT2D eigenvalue weighted by Gasteiger charge is -2.29. The highest BCUT2D eigenvalue weighted by atomic mass is 35.5. The van der Waals surface area contributed by atoms with Crippen molar-refractivity contribution in [2.75, 3.05) is 0 Å². The van der Waals surface area contributed by atoms with Crippen LogP contribution in [0.4, 0.5) is 9.59 Å². The predicted molar refractivity (Wildman–Crippen MR) is 102 cm³/mol. The molecule has 10 nitrogen and oxygen atoms in total. The van der Waals surface area contributed by atoms with Crippen LogP contribution in [0.25, 0.3) is 0 Å². The molecule has 2 aromatic heterocycles. The highest BCUT2D eigenvalue weighted by Crippen LogP contribution is 2.29. The highest BCUT2D eigenvalue weighted by Gasteiger charge is 2.38. The Labute approximate surface area is 186 Å². The summed E-state index contributed by atoms with van der Waals surface area (Å²) in [5.74, 6) is 0.292. The largest absolute Gasteiger partial charge is 1.00 e. The molecule has 1 aliphatic heterocycles. The Bertz CT molecular complexity index is 989. The van der Waals surface area contributed by atoms with E-state index >= 15 is 0 Å². The van der Waals surface area contributed by atoms with Crippen LogP contribution in [-0.4, -0.2) is 32.1 Å². The minimum Gasteiger partial charge on any atom is -1.00 e. The Morgan fingerprint density at radius 1 is 1.03 bits per heavy atom. The Hall–Kier alpha value is -2.88. The van der Waals surface area contributed by atoms with E-state index in [0.717, 1.165) is 25.7 Å². The number of aliphatic imine (C=N–C) groups is 1. The third-order valence-electron chi connectivity index (χ3n) is 6.44. The molecule has 3 aliphatic rings. The molecule has 166 valence electrons. The molecule has 2 fully saturated rings. The topological polar surface area (TPSA) is 102 Å². The van der Waals surface area contributed by atoms with E-state index in [-0.39, 0.29) is 12.4 Å². The Balaban J connectivity index is 0.00000231. The van der Waals surface area contributed by atoms with E-state index in [1.807, 2.05) is 31.2 Å². The van der Waals surface area contributed by atoms with Crippen molar-refractivity contribution in [1.82, 2.24) is 19.4 Å². The molecule has 1 N–H and O–H groups in total. The number of carbonyl (C=O) groups excluding carboxylic acids is 2. The molecule has 2 aromatic rings. The lowest BCUT2D eigenvalue weighted by atomic mass is 10.2. The number of aromatic nitrogens is 4. The van der Waals surface area contributed by atoms with Crippen LogP contribution in [0.3, 0.4) is 0 Å². The van der Waals surface area contributed by atoms with Gasteiger partial charge in [0.15, 0.2) is 6.09 Å². The Kier molecular flexibility index (Phi) is 5.99. The van der Waals surface area contributed by atoms with Gasteiger partial charge in [0.1, 0.15) is 36.9 Å². The van der Waals surface area contributed by atoms with Crippen molar-refractivity contribution in [1.29, 1.82) is 0 Å². The SMILES string of the molecule is O=C([O-])N1C(=O)NC(n2cc[n+](C3CCCC3)c2)=NC1[n+]1ccn(C2CCCC2)c1.[Cl-]. The van der Waals surface area contributed by atoms with Crippen LogP contribution in [0.2, 0.25) is 0 Å². The van der Waals surface area contributed by atoms with Gasteiger partial charge in [-0.3, -0.25) is 5.32 Å². The Morgan fingerprint density at radius 2 is 1.71 bits per heavy atom. The van der Waals surface area contributed by atoms with Crippen molar-refractivity contribution < 1.29 is 36.2 Å². The van der Waals surface area contributed by atoms with E-state index in [4.69, 9.17) is 0 Å². The maximum absolute atomic E-state index is 12.6. The summed E-state index contributed by atoms with van der Waals surface area (Å²) in [6.07, 6.45) is 17.8. The molecule has 1 unspecified atom stereocenters. The van der Waals surface area contributed by atoms with E-state index in [1.165, 1.54) is 25.7 Å². The molecule has 2 saturated carbocycles. The van der Waals surface area contributed by atoms with E-state index < -0.39 is 18.4 Å². The first-order chi connectivity index (χ1) is 14.6. The smallest absolute Gasteiger partial charge is 0.336 e. The van der Waals surface area contributed by atoms with E-state index in [9.17, 15) is 14.7 Å². The van der Waals surface area contributed by atoms with Gasteiger partial charge in [-0.1, -0.05) is 0 Å². The summed E-state index contributed by atoms with van der Waals surface area (Å²) in [4.78, 5) is 29.4. The van der Waals surface area contributed by atoms with Crippen molar-refractivity contribution in [2.45, 2.75) is 69.7 Å². The summed E-state index contributed by atoms with van der Waals surface area (Å²) in [5, 5.41) is 14.3. The van der Waals surface area contributed by atoms with Gasteiger partial charge in [-0.05, 0) is 51.4 Å². The van der Waals surface area contributed by atoms with Gasteiger partial charge in [0.05, 0.1) is 0 Å². The molecular weight excluding hydrogens is 422 g/mol. The minimum atomic E-state index is -1.59. The number of urea groups is 1. The molecule has 0 aromatic carbocycles. The maximum atomic E-state index is 12.6. The van der Waals surface area contributed by atoms with Crippen molar-refractivity contribution >= 4 is 18.1 Å². The number of imide groups is 1. The van der Waals surface area contributed by atoms with Crippen LogP contribution < -0.4 is 32.0 Å². The fourth-order valence-electron chi connectivity index (χ4n) is 4.82. The van der Waals surface area contributed by atoms with Crippen LogP contribution in [0.5, 0.6) is 0 Å². The van der Waals surface area contributed by atoms with Crippen LogP contribution >= 0.6 is 0 Å². The van der Waals surface area contributed by atoms with E-state index in [0.29, 0.717) is 22.9 Å². The molecule has 0 saturated heterocycles. The molecule has 1 atom stereocenters. The fraction of sp³-hybridized carbons (Fsp3) is 0.550. The number of nitrogens with zero attached hydrogens (tertiary/aromatic N) is 6. The number of nitrogens with one attached hydrogen (secondary N) is 1. The average Bonchev–Trinajstić information content (AvgIpc) is 3.54. The van der Waals surface area contributed by atoms with Gasteiger partial charge in [0.25, 0.3) is 12.6 Å². The molecular formula is C20H26ClN7O3. The van der Waals surface area contributed by atoms with Crippen molar-refractivity contribution in [3.8, 4) is 0 Å². The summed E-state index contributed by atoms with van der Waals surface area (Å²) in [5.41, 5.74) is 0. The number of rotatable bonds is 3. The molecule has 3 heterocycles. The number of carboxylic acid groups (broad SMARTS) is 1. The standard InChI is InChI=1S/C20H25N7O3.ClH/c28-19-22-17(25-11-9-23(13-25)15-5-1-2-6-15)21-18(27(19)20(29)30)26-12-10-24(14-26)16-7-3-4-8-16;/h9-16,18H,1-8H2;1H. The van der Waals surface area contributed by atoms with E-state index in [2.05, 4.69) is 19.4 Å². The van der Waals surface area contributed by atoms with Gasteiger partial charge in [0, 0.05) is 0 Å². The van der Waals surface area contributed by atoms with Gasteiger partial charge in [-0.15, -0.1) is 0 Å². The molecule has 0 radical (unpaired) electrons. The summed E-state index contributed by atoms with van der Waals surface area (Å²) >= 11 is 0. The first-order valence-corrected chi connectivity index (χ1v) is 10.7. The first kappa shape index (κ1) is 21.4. The van der Waals surface area contributed by atoms with Gasteiger partial charge >= 0.3 is 12.0 Å². The van der Waals surface area contributed by atoms with Crippen molar-refractivity contribution in [2.24, 2.45) is 4.99 Å². The molecule has 2 aliphatic carbocycles. The maximum Gasteiger partial charge on any atom is 0.336 e. The molecule has 11 heteroatoms. The number of amides is 3. The number of carbonyl (C=O) groups is 2. The summed E-state index contributed by atoms with van der Waals surface area (Å²) < 4.78 is 7.57. The summed E-state index contributed by atoms with van der Waals surface area (Å²) in [6.45, 7) is 0. The second-order valence-corrected chi connectivity index (χ2v) is 8.32. The molecule has 5 rings (SSSR count). The number of halogens is 1. The minimum absolute atomic E-state index is 0. The van der Waals surface area contributed by atoms with Crippen molar-refractivity contribution in [3.05, 3.63) is 37.4 Å². The zero-order chi connectivity index (χ0) is 20.7. The highest BCUT2D eigenvalue weighted by molar-refractivity contribution is 6.03. The van der Waals surface area contributed by atoms with Gasteiger partial charge in [0.2, 0.25) is 6.33 Å². The summed E-state index contributed by atoms with van der Waals surface area (Å²) in [6, 6.07) is 0.0852. The third-order valence-corrected chi connectivity index (χ3v) is 6.44. The first-order valence-electron chi connectivity index (χ1n) is 10.7. The van der Waals surface area contributed by atoms with Gasteiger partial charge in [-0.2, -0.15) is 14.1 Å². The number of hydrogen-bond acceptors (Lipinski definition) is 4. The van der Waals surface area contributed by atoms with Crippen LogP contribution in [0, 0.1) is 0 Å². The second kappa shape index (κ2) is 8.70. The van der Waals surface area contributed by atoms with Crippen LogP contribution in [0.15, 0.2) is 42.4 Å². The number of imidazole rings is 2. The van der Waals surface area contributed by atoms with Gasteiger partial charge < -0.3 is 22.3 Å². The zero-order valence-electron chi connectivity index (χ0n) is 17.1. The molecule has 0 spiro atoms. The lowest BCUT2D eigenvalue weighted by molar-refractivity contribution is -0.737. The third kappa shape index (κ3) is 4.04. The van der Waals surface area contributed by atoms with Gasteiger partial charge in [-0.25, -0.2) is 18.8 Å². The average molecular weight is 448 g/mol. The molecule has 31 heavy (non-hydrogen) atoms. The molecule has 3 amide bonds. The normalized spacial score (nSPS) is 22.3. The Morgan fingerprint density at radius 3 is 2.42 bits per heavy atom. The quantitative estimate of drug-likeness (QED) is 0.541. The second-order valence-electron chi connectivity index (χ2n) is 8.32.